The van der Waals surface area contributed by atoms with Gasteiger partial charge in [0.1, 0.15) is 24.3 Å². The minimum absolute atomic E-state index is 0.158. The minimum atomic E-state index is -0.887. The molecular weight excluding hydrogens is 442 g/mol. The number of rotatable bonds is 7. The van der Waals surface area contributed by atoms with Crippen LogP contribution in [0.2, 0.25) is 0 Å². The van der Waals surface area contributed by atoms with Crippen LogP contribution in [0, 0.1) is 19.8 Å². The van der Waals surface area contributed by atoms with E-state index in [1.54, 1.807) is 18.2 Å². The molecule has 3 heterocycles. The van der Waals surface area contributed by atoms with Gasteiger partial charge in [-0.3, -0.25) is 14.4 Å². The zero-order valence-corrected chi connectivity index (χ0v) is 19.2. The van der Waals surface area contributed by atoms with Gasteiger partial charge in [0.05, 0.1) is 18.9 Å². The molecule has 0 aromatic carbocycles. The van der Waals surface area contributed by atoms with Crippen molar-refractivity contribution in [3.8, 4) is 0 Å². The molecule has 0 saturated carbocycles. The summed E-state index contributed by atoms with van der Waals surface area (Å²) in [4.78, 5) is 42.1. The maximum Gasteiger partial charge on any atom is 0.306 e. The zero-order chi connectivity index (χ0) is 25.3. The van der Waals surface area contributed by atoms with Crippen molar-refractivity contribution in [1.29, 1.82) is 0 Å². The third-order valence-corrected chi connectivity index (χ3v) is 5.10. The predicted molar refractivity (Wildman–Crippen MR) is 125 cm³/mol. The van der Waals surface area contributed by atoms with Crippen molar-refractivity contribution < 1.29 is 24.2 Å². The van der Waals surface area contributed by atoms with Gasteiger partial charge in [-0.25, -0.2) is 9.97 Å². The lowest BCUT2D eigenvalue weighted by Crippen LogP contribution is -2.42. The monoisotopic (exact) mass is 473 g/mol. The highest BCUT2D eigenvalue weighted by molar-refractivity contribution is 5.86. The van der Waals surface area contributed by atoms with Gasteiger partial charge in [-0.15, -0.1) is 0 Å². The molecule has 0 radical (unpaired) electrons. The molecule has 1 saturated heterocycles. The molecule has 3 rings (SSSR count). The second kappa shape index (κ2) is 12.5. The molecular formula is C22H31N7O5. The molecule has 0 bridgehead atoms. The first-order chi connectivity index (χ1) is 16.1. The summed E-state index contributed by atoms with van der Waals surface area (Å²) in [7, 11) is 0. The highest BCUT2D eigenvalue weighted by atomic mass is 16.5. The lowest BCUT2D eigenvalue weighted by molar-refractivity contribution is -0.138. The number of nitrogens with two attached hydrogens (primary N) is 3. The van der Waals surface area contributed by atoms with Crippen LogP contribution >= 0.6 is 0 Å². The Morgan fingerprint density at radius 2 is 1.59 bits per heavy atom. The van der Waals surface area contributed by atoms with E-state index in [9.17, 15) is 14.4 Å². The van der Waals surface area contributed by atoms with Crippen molar-refractivity contribution >= 4 is 29.4 Å². The lowest BCUT2D eigenvalue weighted by Gasteiger charge is -2.10. The number of nitrogen functional groups attached to an aromatic ring is 2. The molecule has 0 aliphatic carbocycles. The standard InChI is InChI=1S/C12H15N3O3.C10H16N4O2/c1-7-8(2-3-10(13)15-7)5-14-12(17)9-4-11(16)18-6-9;1-6-7(2-3-9(12)14-6)4-13-10(16)8(11)5-15/h2-3,9H,4-6H2,1H3,(H2,13,15)(H,14,17);2-3,8,15H,4-5,11H2,1H3,(H2,12,14)(H,13,16)/t;8-/m.0/s1. The first-order valence-electron chi connectivity index (χ1n) is 10.6. The number of nitrogens with zero attached hydrogens (tertiary/aromatic N) is 2. The number of pyridine rings is 2. The second-order valence-corrected chi connectivity index (χ2v) is 7.77. The second-order valence-electron chi connectivity index (χ2n) is 7.77. The summed E-state index contributed by atoms with van der Waals surface area (Å²) in [6.45, 7) is 4.15. The van der Waals surface area contributed by atoms with E-state index >= 15 is 0 Å². The maximum absolute atomic E-state index is 11.8. The normalized spacial score (nSPS) is 15.5. The summed E-state index contributed by atoms with van der Waals surface area (Å²) in [5.74, 6) is -0.354. The molecule has 1 unspecified atom stereocenters. The smallest absolute Gasteiger partial charge is 0.306 e. The molecule has 2 atom stereocenters. The summed E-state index contributed by atoms with van der Waals surface area (Å²) in [6, 6.07) is 6.09. The van der Waals surface area contributed by atoms with Gasteiger partial charge in [0.2, 0.25) is 11.8 Å². The van der Waals surface area contributed by atoms with E-state index in [0.29, 0.717) is 24.7 Å². The number of anilines is 2. The number of aliphatic hydroxyl groups is 1. The number of aromatic nitrogens is 2. The molecule has 12 nitrogen and oxygen atoms in total. The number of carbonyl (C=O) groups excluding carboxylic acids is 3. The van der Waals surface area contributed by atoms with Crippen molar-refractivity contribution in [2.24, 2.45) is 11.7 Å². The third-order valence-electron chi connectivity index (χ3n) is 5.10. The van der Waals surface area contributed by atoms with Gasteiger partial charge >= 0.3 is 5.97 Å². The number of amides is 2. The first kappa shape index (κ1) is 26.5. The van der Waals surface area contributed by atoms with E-state index in [4.69, 9.17) is 27.0 Å². The first-order valence-corrected chi connectivity index (χ1v) is 10.6. The Kier molecular flexibility index (Phi) is 9.71. The summed E-state index contributed by atoms with van der Waals surface area (Å²) in [5.41, 5.74) is 19.7. The molecule has 184 valence electrons. The van der Waals surface area contributed by atoms with Gasteiger partial charge in [0.25, 0.3) is 0 Å². The number of carbonyl (C=O) groups is 3. The van der Waals surface area contributed by atoms with Crippen LogP contribution in [0.15, 0.2) is 24.3 Å². The minimum Gasteiger partial charge on any atom is -0.465 e. The average molecular weight is 474 g/mol. The van der Waals surface area contributed by atoms with Gasteiger partial charge in [-0.2, -0.15) is 0 Å². The Morgan fingerprint density at radius 3 is 2.03 bits per heavy atom. The lowest BCUT2D eigenvalue weighted by atomic mass is 10.1. The van der Waals surface area contributed by atoms with Crippen molar-refractivity contribution in [3.63, 3.8) is 0 Å². The van der Waals surface area contributed by atoms with Gasteiger partial charge in [0, 0.05) is 24.5 Å². The number of hydrogen-bond donors (Lipinski definition) is 6. The fraction of sp³-hybridized carbons (Fsp3) is 0.409. The largest absolute Gasteiger partial charge is 0.465 e. The van der Waals surface area contributed by atoms with Crippen molar-refractivity contribution in [1.82, 2.24) is 20.6 Å². The molecule has 1 aliphatic heterocycles. The molecule has 2 aromatic rings. The Morgan fingerprint density at radius 1 is 1.06 bits per heavy atom. The van der Waals surface area contributed by atoms with Crippen LogP contribution in [-0.2, 0) is 32.2 Å². The summed E-state index contributed by atoms with van der Waals surface area (Å²) >= 11 is 0. The van der Waals surface area contributed by atoms with Crippen LogP contribution < -0.4 is 27.8 Å². The topological polar surface area (TPSA) is 209 Å². The van der Waals surface area contributed by atoms with Crippen molar-refractivity contribution in [2.45, 2.75) is 39.4 Å². The van der Waals surface area contributed by atoms with Crippen LogP contribution in [-0.4, -0.2) is 52.1 Å². The Balaban J connectivity index is 0.000000242. The number of nitrogens with one attached hydrogen (secondary N) is 2. The molecule has 34 heavy (non-hydrogen) atoms. The summed E-state index contributed by atoms with van der Waals surface area (Å²) in [6.07, 6.45) is 0.158. The van der Waals surface area contributed by atoms with E-state index in [1.165, 1.54) is 0 Å². The van der Waals surface area contributed by atoms with Gasteiger partial charge < -0.3 is 37.7 Å². The van der Waals surface area contributed by atoms with Crippen LogP contribution in [0.5, 0.6) is 0 Å². The van der Waals surface area contributed by atoms with E-state index in [0.717, 1.165) is 22.5 Å². The fourth-order valence-corrected chi connectivity index (χ4v) is 3.00. The summed E-state index contributed by atoms with van der Waals surface area (Å²) in [5, 5.41) is 14.1. The van der Waals surface area contributed by atoms with Crippen molar-refractivity contribution in [2.75, 3.05) is 24.7 Å². The number of hydrogen-bond acceptors (Lipinski definition) is 10. The summed E-state index contributed by atoms with van der Waals surface area (Å²) < 4.78 is 4.75. The van der Waals surface area contributed by atoms with E-state index in [2.05, 4.69) is 20.6 Å². The molecule has 9 N–H and O–H groups in total. The number of esters is 1. The number of aryl methyl sites for hydroxylation is 2. The molecule has 2 amide bonds. The zero-order valence-electron chi connectivity index (χ0n) is 19.2. The predicted octanol–water partition coefficient (Wildman–Crippen LogP) is -0.940. The molecule has 2 aromatic heterocycles. The maximum atomic E-state index is 11.8. The quantitative estimate of drug-likeness (QED) is 0.272. The fourth-order valence-electron chi connectivity index (χ4n) is 3.00. The van der Waals surface area contributed by atoms with Gasteiger partial charge in [-0.05, 0) is 37.1 Å². The highest BCUT2D eigenvalue weighted by Crippen LogP contribution is 2.14. The van der Waals surface area contributed by atoms with Crippen molar-refractivity contribution in [3.05, 3.63) is 46.8 Å². The molecule has 1 aliphatic rings. The van der Waals surface area contributed by atoms with Crippen LogP contribution in [0.4, 0.5) is 11.6 Å². The molecule has 0 spiro atoms. The molecule has 12 heteroatoms. The van der Waals surface area contributed by atoms with Crippen LogP contribution in [0.3, 0.4) is 0 Å². The number of cyclic esters (lactones) is 1. The Labute approximate surface area is 197 Å². The SMILES string of the molecule is Cc1nc(N)ccc1CNC(=O)C1COC(=O)C1.Cc1nc(N)ccc1CNC(=O)[C@@H](N)CO. The van der Waals surface area contributed by atoms with E-state index < -0.39 is 11.9 Å². The Hall–Kier alpha value is -3.77. The van der Waals surface area contributed by atoms with E-state index in [-0.39, 0.29) is 37.4 Å². The van der Waals surface area contributed by atoms with Crippen LogP contribution in [0.25, 0.3) is 0 Å². The molecule has 1 fully saturated rings. The van der Waals surface area contributed by atoms with Crippen LogP contribution in [0.1, 0.15) is 28.9 Å². The Bertz CT molecular complexity index is 1030. The highest BCUT2D eigenvalue weighted by Gasteiger charge is 2.29. The number of ether oxygens (including phenoxy) is 1. The van der Waals surface area contributed by atoms with Gasteiger partial charge in [-0.1, -0.05) is 12.1 Å². The number of aliphatic hydroxyl groups excluding tert-OH is 1. The average Bonchev–Trinajstić information content (AvgIpc) is 3.24. The van der Waals surface area contributed by atoms with E-state index in [1.807, 2.05) is 19.9 Å². The third kappa shape index (κ3) is 7.98. The van der Waals surface area contributed by atoms with Gasteiger partial charge in [0.15, 0.2) is 0 Å².